The van der Waals surface area contributed by atoms with Gasteiger partial charge in [-0.05, 0) is 24.2 Å². The highest BCUT2D eigenvalue weighted by atomic mass is 35.5. The first-order valence-corrected chi connectivity index (χ1v) is 9.49. The van der Waals surface area contributed by atoms with Crippen molar-refractivity contribution in [3.05, 3.63) is 72.9 Å². The molecule has 4 aromatic rings. The van der Waals surface area contributed by atoms with Crippen LogP contribution in [0.1, 0.15) is 5.56 Å². The molecule has 0 aliphatic carbocycles. The molecule has 28 heavy (non-hydrogen) atoms. The van der Waals surface area contributed by atoms with Gasteiger partial charge in [-0.3, -0.25) is 4.40 Å². The standard InChI is InChI=1S/C18H17N5O2S.2ClH/c1-19-10-14-9-17(15-5-3-2-4-6-15)23(12-14)26(24,25)16-11-21-18-20-7-8-22(18)13-16;;/h2-9,11-13,19H,10H2,1H3;2*1H. The average molecular weight is 440 g/mol. The molecule has 0 spiro atoms. The summed E-state index contributed by atoms with van der Waals surface area (Å²) < 4.78 is 29.5. The Morgan fingerprint density at radius 1 is 1.07 bits per heavy atom. The van der Waals surface area contributed by atoms with Crippen molar-refractivity contribution in [2.75, 3.05) is 7.05 Å². The Balaban J connectivity index is 0.00000140. The molecule has 7 nitrogen and oxygen atoms in total. The lowest BCUT2D eigenvalue weighted by Crippen LogP contribution is -2.14. The van der Waals surface area contributed by atoms with Crippen molar-refractivity contribution in [3.8, 4) is 11.3 Å². The highest BCUT2D eigenvalue weighted by Gasteiger charge is 2.23. The third-order valence-electron chi connectivity index (χ3n) is 4.07. The second-order valence-corrected chi connectivity index (χ2v) is 7.67. The van der Waals surface area contributed by atoms with Crippen molar-refractivity contribution in [2.45, 2.75) is 11.4 Å². The molecule has 148 valence electrons. The van der Waals surface area contributed by atoms with Gasteiger partial charge in [0.2, 0.25) is 5.78 Å². The minimum atomic E-state index is -3.81. The zero-order valence-electron chi connectivity index (χ0n) is 14.9. The van der Waals surface area contributed by atoms with Crippen molar-refractivity contribution < 1.29 is 8.42 Å². The molecule has 0 atom stereocenters. The van der Waals surface area contributed by atoms with Crippen molar-refractivity contribution in [1.82, 2.24) is 23.7 Å². The van der Waals surface area contributed by atoms with Gasteiger partial charge in [0.1, 0.15) is 4.90 Å². The summed E-state index contributed by atoms with van der Waals surface area (Å²) in [5.74, 6) is 0.454. The molecule has 0 radical (unpaired) electrons. The van der Waals surface area contributed by atoms with Crippen LogP contribution in [0.15, 0.2) is 72.3 Å². The van der Waals surface area contributed by atoms with Crippen LogP contribution >= 0.6 is 24.8 Å². The maximum atomic E-state index is 13.3. The van der Waals surface area contributed by atoms with Crippen molar-refractivity contribution in [2.24, 2.45) is 0 Å². The number of hydrogen-bond acceptors (Lipinski definition) is 5. The summed E-state index contributed by atoms with van der Waals surface area (Å²) in [4.78, 5) is 8.28. The Kier molecular flexibility index (Phi) is 6.84. The first-order chi connectivity index (χ1) is 12.6. The SMILES string of the molecule is CNCc1cc(-c2ccccc2)n(S(=O)(=O)c2cnc3nccn3c2)c1.Cl.Cl. The summed E-state index contributed by atoms with van der Waals surface area (Å²) in [5, 5.41) is 3.06. The van der Waals surface area contributed by atoms with Crippen LogP contribution < -0.4 is 5.32 Å². The second kappa shape index (κ2) is 8.74. The number of imidazole rings is 1. The van der Waals surface area contributed by atoms with E-state index in [1.54, 1.807) is 23.0 Å². The lowest BCUT2D eigenvalue weighted by Gasteiger charge is -2.10. The quantitative estimate of drug-likeness (QED) is 0.516. The lowest BCUT2D eigenvalue weighted by molar-refractivity contribution is 0.586. The number of benzene rings is 1. The number of aromatic nitrogens is 4. The largest absolute Gasteiger partial charge is 0.316 e. The molecule has 0 aliphatic heterocycles. The minimum absolute atomic E-state index is 0. The number of nitrogens with zero attached hydrogens (tertiary/aromatic N) is 4. The van der Waals surface area contributed by atoms with E-state index in [0.29, 0.717) is 18.0 Å². The van der Waals surface area contributed by atoms with E-state index in [0.717, 1.165) is 11.1 Å². The van der Waals surface area contributed by atoms with Crippen LogP contribution in [0, 0.1) is 0 Å². The smallest absolute Gasteiger partial charge is 0.271 e. The van der Waals surface area contributed by atoms with Gasteiger partial charge in [0.25, 0.3) is 10.0 Å². The van der Waals surface area contributed by atoms with Gasteiger partial charge in [0.15, 0.2) is 0 Å². The third-order valence-corrected chi connectivity index (χ3v) is 5.70. The van der Waals surface area contributed by atoms with Crippen LogP contribution in [-0.2, 0) is 16.6 Å². The fourth-order valence-electron chi connectivity index (χ4n) is 2.86. The topological polar surface area (TPSA) is 81.3 Å². The van der Waals surface area contributed by atoms with Gasteiger partial charge < -0.3 is 5.32 Å². The normalized spacial score (nSPS) is 11.0. The molecule has 10 heteroatoms. The summed E-state index contributed by atoms with van der Waals surface area (Å²) in [6.45, 7) is 0.571. The number of fused-ring (bicyclic) bond motifs is 1. The zero-order valence-corrected chi connectivity index (χ0v) is 17.3. The van der Waals surface area contributed by atoms with Crippen LogP contribution in [0.2, 0.25) is 0 Å². The number of hydrogen-bond donors (Lipinski definition) is 1. The highest BCUT2D eigenvalue weighted by molar-refractivity contribution is 7.90. The van der Waals surface area contributed by atoms with Gasteiger partial charge >= 0.3 is 0 Å². The molecule has 4 rings (SSSR count). The van der Waals surface area contributed by atoms with Crippen LogP contribution in [0.25, 0.3) is 17.0 Å². The van der Waals surface area contributed by atoms with E-state index in [1.165, 1.54) is 16.4 Å². The molecule has 3 aromatic heterocycles. The fraction of sp³-hybridized carbons (Fsp3) is 0.111. The predicted molar refractivity (Wildman–Crippen MR) is 113 cm³/mol. The van der Waals surface area contributed by atoms with Gasteiger partial charge in [-0.25, -0.2) is 22.4 Å². The molecular formula is C18H19Cl2N5O2S. The molecular weight excluding hydrogens is 421 g/mol. The molecule has 1 N–H and O–H groups in total. The summed E-state index contributed by atoms with van der Waals surface area (Å²) in [6, 6.07) is 11.3. The first-order valence-electron chi connectivity index (χ1n) is 8.05. The van der Waals surface area contributed by atoms with E-state index < -0.39 is 10.0 Å². The van der Waals surface area contributed by atoms with E-state index in [1.807, 2.05) is 43.4 Å². The third kappa shape index (κ3) is 3.90. The van der Waals surface area contributed by atoms with Gasteiger partial charge in [0, 0.05) is 31.3 Å². The molecule has 0 fully saturated rings. The minimum Gasteiger partial charge on any atom is -0.316 e. The van der Waals surface area contributed by atoms with Gasteiger partial charge in [-0.2, -0.15) is 0 Å². The van der Waals surface area contributed by atoms with Crippen LogP contribution in [-0.4, -0.2) is 33.8 Å². The number of rotatable bonds is 5. The van der Waals surface area contributed by atoms with Crippen molar-refractivity contribution in [1.29, 1.82) is 0 Å². The summed E-state index contributed by atoms with van der Waals surface area (Å²) in [6.07, 6.45) is 7.75. The summed E-state index contributed by atoms with van der Waals surface area (Å²) in [7, 11) is -1.98. The van der Waals surface area contributed by atoms with Crippen molar-refractivity contribution in [3.63, 3.8) is 0 Å². The van der Waals surface area contributed by atoms with Crippen molar-refractivity contribution >= 4 is 40.6 Å². The van der Waals surface area contributed by atoms with E-state index in [4.69, 9.17) is 0 Å². The van der Waals surface area contributed by atoms with Gasteiger partial charge in [-0.1, -0.05) is 30.3 Å². The highest BCUT2D eigenvalue weighted by Crippen LogP contribution is 2.27. The molecule has 0 saturated carbocycles. The Bertz CT molecular complexity index is 1170. The van der Waals surface area contributed by atoms with Gasteiger partial charge in [0.05, 0.1) is 11.9 Å². The molecule has 0 saturated heterocycles. The van der Waals surface area contributed by atoms with Crippen LogP contribution in [0.5, 0.6) is 0 Å². The maximum absolute atomic E-state index is 13.3. The molecule has 3 heterocycles. The lowest BCUT2D eigenvalue weighted by atomic mass is 10.1. The molecule has 0 unspecified atom stereocenters. The van der Waals surface area contributed by atoms with E-state index in [2.05, 4.69) is 15.3 Å². The van der Waals surface area contributed by atoms with E-state index in [9.17, 15) is 8.42 Å². The zero-order chi connectivity index (χ0) is 18.1. The van der Waals surface area contributed by atoms with E-state index in [-0.39, 0.29) is 29.7 Å². The van der Waals surface area contributed by atoms with Crippen LogP contribution in [0.4, 0.5) is 0 Å². The Hall–Kier alpha value is -2.39. The molecule has 0 bridgehead atoms. The first kappa shape index (κ1) is 21.9. The Morgan fingerprint density at radius 2 is 1.82 bits per heavy atom. The summed E-state index contributed by atoms with van der Waals surface area (Å²) in [5.41, 5.74) is 2.32. The molecule has 1 aromatic carbocycles. The fourth-order valence-corrected chi connectivity index (χ4v) is 4.21. The van der Waals surface area contributed by atoms with Crippen LogP contribution in [0.3, 0.4) is 0 Å². The summed E-state index contributed by atoms with van der Waals surface area (Å²) >= 11 is 0. The predicted octanol–water partition coefficient (Wildman–Crippen LogP) is 3.00. The Morgan fingerprint density at radius 3 is 2.54 bits per heavy atom. The van der Waals surface area contributed by atoms with Gasteiger partial charge in [-0.15, -0.1) is 24.8 Å². The Labute approximate surface area is 175 Å². The number of halogens is 2. The monoisotopic (exact) mass is 439 g/mol. The number of nitrogens with one attached hydrogen (secondary N) is 1. The molecule has 0 amide bonds. The molecule has 0 aliphatic rings. The maximum Gasteiger partial charge on any atom is 0.271 e. The van der Waals surface area contributed by atoms with E-state index >= 15 is 0 Å². The average Bonchev–Trinajstić information content (AvgIpc) is 3.29. The second-order valence-electron chi connectivity index (χ2n) is 5.85.